The van der Waals surface area contributed by atoms with Gasteiger partial charge in [-0.15, -0.1) is 0 Å². The maximum atomic E-state index is 13.5. The Morgan fingerprint density at radius 3 is 2.11 bits per heavy atom. The Hall–Kier alpha value is -3.78. The van der Waals surface area contributed by atoms with Gasteiger partial charge >= 0.3 is 0 Å². The predicted octanol–water partition coefficient (Wildman–Crippen LogP) is 5.75. The Kier molecular flexibility index (Phi) is 9.46. The van der Waals surface area contributed by atoms with Crippen LogP contribution in [-0.4, -0.2) is 49.0 Å². The molecule has 3 aromatic rings. The molecule has 46 heavy (non-hydrogen) atoms. The smallest absolute Gasteiger partial charge is 0.261 e. The van der Waals surface area contributed by atoms with Crippen LogP contribution in [0.3, 0.4) is 0 Å². The number of benzene rings is 3. The third kappa shape index (κ3) is 6.16. The number of rotatable bonds is 10. The number of hydrogen-bond acceptors (Lipinski definition) is 5. The maximum Gasteiger partial charge on any atom is 0.261 e. The second kappa shape index (κ2) is 13.5. The van der Waals surface area contributed by atoms with E-state index in [1.165, 1.54) is 15.3 Å². The number of nitrogens with zero attached hydrogens (tertiary/aromatic N) is 1. The molecule has 1 N–H and O–H groups in total. The van der Waals surface area contributed by atoms with E-state index in [9.17, 15) is 14.7 Å². The normalized spacial score (nSPS) is 24.8. The highest BCUT2D eigenvalue weighted by molar-refractivity contribution is 6.99. The first-order chi connectivity index (χ1) is 22.2. The van der Waals surface area contributed by atoms with Gasteiger partial charge in [0.15, 0.2) is 0 Å². The van der Waals surface area contributed by atoms with Crippen LogP contribution in [0.2, 0.25) is 5.04 Å². The number of hydrogen-bond donors (Lipinski definition) is 1. The Bertz CT molecular complexity index is 1530. The van der Waals surface area contributed by atoms with E-state index in [2.05, 4.69) is 87.5 Å². The first-order valence-corrected chi connectivity index (χ1v) is 18.5. The van der Waals surface area contributed by atoms with Crippen molar-refractivity contribution in [1.29, 1.82) is 0 Å². The summed E-state index contributed by atoms with van der Waals surface area (Å²) in [5.74, 6) is -1.20. The molecular formula is C39H45NO5Si. The Morgan fingerprint density at radius 2 is 1.50 bits per heavy atom. The summed E-state index contributed by atoms with van der Waals surface area (Å²) in [6.45, 7) is 7.76. The molecule has 3 aliphatic rings. The van der Waals surface area contributed by atoms with E-state index in [0.29, 0.717) is 25.2 Å². The molecule has 6 rings (SSSR count). The zero-order valence-electron chi connectivity index (χ0n) is 27.0. The van der Waals surface area contributed by atoms with E-state index in [-0.39, 0.29) is 29.5 Å². The van der Waals surface area contributed by atoms with Crippen LogP contribution < -0.4 is 10.4 Å². The third-order valence-electron chi connectivity index (χ3n) is 9.82. The number of fused-ring (bicyclic) bond motifs is 3. The predicted molar refractivity (Wildman–Crippen MR) is 183 cm³/mol. The van der Waals surface area contributed by atoms with Crippen LogP contribution in [0, 0.1) is 17.8 Å². The fraction of sp³-hybridized carbons (Fsp3) is 0.385. The number of amides is 2. The van der Waals surface area contributed by atoms with Crippen LogP contribution in [-0.2, 0) is 25.3 Å². The number of unbranched alkanes of at least 4 members (excludes halogenated alkanes) is 1. The molecule has 7 heteroatoms. The summed E-state index contributed by atoms with van der Waals surface area (Å²) in [5, 5.41) is 13.8. The van der Waals surface area contributed by atoms with E-state index in [1.807, 2.05) is 42.5 Å². The highest BCUT2D eigenvalue weighted by Crippen LogP contribution is 2.47. The standard InChI is InChI=1S/C39H45NO5Si/c1-39(2,3)46(30-19-11-5-12-20-30,31-21-13-6-14-22-31)44-25-15-7-10-18-29-26-33(41)36-34(45-29)24-23-32-35(36)38(43)40(37(32)42)27-28-16-8-4-9-17-28/h4-6,8-14,16-22,24,29,32-33,35-36,41H,7,15,23,25-27H2,1-3H3/b18-10+/t29-,32-,33+,35-,36+/m1/s1. The Labute approximate surface area is 273 Å². The van der Waals surface area contributed by atoms with Gasteiger partial charge in [0.1, 0.15) is 6.10 Å². The molecule has 5 atom stereocenters. The topological polar surface area (TPSA) is 76.1 Å². The summed E-state index contributed by atoms with van der Waals surface area (Å²) in [6.07, 6.45) is 7.55. The monoisotopic (exact) mass is 635 g/mol. The number of allylic oxidation sites excluding steroid dienone is 2. The Balaban J connectivity index is 1.07. The van der Waals surface area contributed by atoms with Crippen LogP contribution in [0.4, 0.5) is 0 Å². The molecular weight excluding hydrogens is 591 g/mol. The molecule has 240 valence electrons. The lowest BCUT2D eigenvalue weighted by Crippen LogP contribution is -2.66. The van der Waals surface area contributed by atoms with Gasteiger partial charge < -0.3 is 14.3 Å². The minimum Gasteiger partial charge on any atom is -0.491 e. The molecule has 0 saturated carbocycles. The summed E-state index contributed by atoms with van der Waals surface area (Å²) >= 11 is 0. The van der Waals surface area contributed by atoms with E-state index in [1.54, 1.807) is 0 Å². The van der Waals surface area contributed by atoms with Crippen molar-refractivity contribution in [2.45, 2.75) is 70.2 Å². The van der Waals surface area contributed by atoms with Crippen molar-refractivity contribution >= 4 is 30.5 Å². The van der Waals surface area contributed by atoms with Crippen molar-refractivity contribution in [2.75, 3.05) is 6.61 Å². The fourth-order valence-electron chi connectivity index (χ4n) is 7.66. The van der Waals surface area contributed by atoms with Gasteiger partial charge in [0, 0.05) is 13.0 Å². The second-order valence-electron chi connectivity index (χ2n) is 13.8. The van der Waals surface area contributed by atoms with Gasteiger partial charge in [-0.25, -0.2) is 0 Å². The van der Waals surface area contributed by atoms with Crippen molar-refractivity contribution in [2.24, 2.45) is 17.8 Å². The number of aliphatic hydroxyl groups is 1. The van der Waals surface area contributed by atoms with Crippen LogP contribution in [0.5, 0.6) is 0 Å². The lowest BCUT2D eigenvalue weighted by Gasteiger charge is -2.43. The molecule has 6 nitrogen and oxygen atoms in total. The highest BCUT2D eigenvalue weighted by Gasteiger charge is 2.56. The molecule has 2 aliphatic heterocycles. The molecule has 2 saturated heterocycles. The van der Waals surface area contributed by atoms with E-state index >= 15 is 0 Å². The maximum absolute atomic E-state index is 13.5. The lowest BCUT2D eigenvalue weighted by molar-refractivity contribution is -0.142. The van der Waals surface area contributed by atoms with Crippen molar-refractivity contribution < 1.29 is 23.9 Å². The average Bonchev–Trinajstić information content (AvgIpc) is 3.29. The summed E-state index contributed by atoms with van der Waals surface area (Å²) < 4.78 is 13.3. The second-order valence-corrected chi connectivity index (χ2v) is 18.1. The highest BCUT2D eigenvalue weighted by atomic mass is 28.4. The molecule has 0 radical (unpaired) electrons. The molecule has 2 fully saturated rings. The summed E-state index contributed by atoms with van der Waals surface area (Å²) in [7, 11) is -2.56. The number of likely N-dealkylation sites (tertiary alicyclic amines) is 1. The number of aliphatic hydroxyl groups excluding tert-OH is 1. The SMILES string of the molecule is CC(C)(C)[Si](OCCC/C=C/[C@@H]1C[C@H](O)[C@H]2C(=CC[C@H]3C(=O)N(Cc4ccccc4)C(=O)[C@@H]23)O1)(c1ccccc1)c1ccccc1. The van der Waals surface area contributed by atoms with Gasteiger partial charge in [0.2, 0.25) is 11.8 Å². The quantitative estimate of drug-likeness (QED) is 0.133. The fourth-order valence-corrected chi connectivity index (χ4v) is 12.3. The minimum absolute atomic E-state index is 0.0647. The van der Waals surface area contributed by atoms with Crippen LogP contribution in [0.1, 0.15) is 52.0 Å². The molecule has 3 aromatic carbocycles. The van der Waals surface area contributed by atoms with Crippen LogP contribution >= 0.6 is 0 Å². The number of carbonyl (C=O) groups is 2. The Morgan fingerprint density at radius 1 is 0.891 bits per heavy atom. The van der Waals surface area contributed by atoms with Crippen LogP contribution in [0.15, 0.2) is 115 Å². The molecule has 0 spiro atoms. The third-order valence-corrected chi connectivity index (χ3v) is 14.9. The molecule has 2 heterocycles. The van der Waals surface area contributed by atoms with Gasteiger partial charge in [-0.2, -0.15) is 0 Å². The first kappa shape index (κ1) is 32.2. The lowest BCUT2D eigenvalue weighted by atomic mass is 9.71. The van der Waals surface area contributed by atoms with E-state index in [4.69, 9.17) is 9.16 Å². The van der Waals surface area contributed by atoms with Crippen molar-refractivity contribution in [3.05, 3.63) is 121 Å². The zero-order valence-corrected chi connectivity index (χ0v) is 28.0. The van der Waals surface area contributed by atoms with Crippen LogP contribution in [0.25, 0.3) is 0 Å². The van der Waals surface area contributed by atoms with E-state index < -0.39 is 32.2 Å². The summed E-state index contributed by atoms with van der Waals surface area (Å²) in [5.41, 5.74) is 0.915. The number of ether oxygens (including phenoxy) is 1. The molecule has 0 unspecified atom stereocenters. The number of imide groups is 1. The summed E-state index contributed by atoms with van der Waals surface area (Å²) in [6, 6.07) is 30.9. The van der Waals surface area contributed by atoms with Gasteiger partial charge in [-0.05, 0) is 52.4 Å². The molecule has 2 amide bonds. The van der Waals surface area contributed by atoms with Crippen molar-refractivity contribution in [1.82, 2.24) is 4.90 Å². The van der Waals surface area contributed by atoms with Crippen molar-refractivity contribution in [3.63, 3.8) is 0 Å². The summed E-state index contributed by atoms with van der Waals surface area (Å²) in [4.78, 5) is 28.1. The van der Waals surface area contributed by atoms with Crippen molar-refractivity contribution in [3.8, 4) is 0 Å². The van der Waals surface area contributed by atoms with Gasteiger partial charge in [-0.3, -0.25) is 14.5 Å². The minimum atomic E-state index is -2.56. The molecule has 1 aliphatic carbocycles. The van der Waals surface area contributed by atoms with Gasteiger partial charge in [-0.1, -0.05) is 118 Å². The molecule has 0 bridgehead atoms. The first-order valence-electron chi connectivity index (χ1n) is 16.6. The average molecular weight is 636 g/mol. The zero-order chi connectivity index (χ0) is 32.3. The van der Waals surface area contributed by atoms with Gasteiger partial charge in [0.25, 0.3) is 8.32 Å². The molecule has 0 aromatic heterocycles. The van der Waals surface area contributed by atoms with Gasteiger partial charge in [0.05, 0.1) is 36.2 Å². The number of carbonyl (C=O) groups excluding carboxylic acids is 2. The largest absolute Gasteiger partial charge is 0.491 e. The van der Waals surface area contributed by atoms with E-state index in [0.717, 1.165) is 18.4 Å².